The Labute approximate surface area is 383 Å². The molecule has 0 saturated heterocycles. The van der Waals surface area contributed by atoms with Gasteiger partial charge in [-0.1, -0.05) is 97.6 Å². The zero-order chi connectivity index (χ0) is 41.7. The summed E-state index contributed by atoms with van der Waals surface area (Å²) in [5.74, 6) is 8.10. The van der Waals surface area contributed by atoms with Crippen molar-refractivity contribution in [2.24, 2.45) is 0 Å². The molecule has 11 aromatic rings. The fourth-order valence-electron chi connectivity index (χ4n) is 8.59. The van der Waals surface area contributed by atoms with Crippen LogP contribution in [0.5, 0.6) is 0 Å². The summed E-state index contributed by atoms with van der Waals surface area (Å²) in [5.41, 5.74) is 13.2. The standard InChI is InChI=1S/C41H29N2OS.C14H16GeN.Ir/c1-3-25-23-33-29-15-8-11-20-36(29)44-39(33)28(4-2)38(25)43-35-19-10-9-18-34(35)42-41(43)32-17-12-16-31-30-22-21-27(24-37(30)45-40(31)32)26-13-6-5-7-14-26;1-15(2,3)13-9-10-16-14(11-13)12-7-5-4-6-8-12;/h5-16,18-24H,3-4H2,1-2H3;4-7,9-11H,1-3H3;/q2*-1;. The molecule has 7 aromatic carbocycles. The number of nitrogens with zero attached hydrogens (tertiary/aromatic N) is 3. The first kappa shape index (κ1) is 41.7. The van der Waals surface area contributed by atoms with Crippen LogP contribution in [0.1, 0.15) is 25.0 Å². The Balaban J connectivity index is 0.000000244. The van der Waals surface area contributed by atoms with Gasteiger partial charge in [-0.25, -0.2) is 0 Å². The van der Waals surface area contributed by atoms with Crippen LogP contribution in [0.3, 0.4) is 0 Å². The van der Waals surface area contributed by atoms with Gasteiger partial charge >= 0.3 is 99.8 Å². The third kappa shape index (κ3) is 7.53. The third-order valence-corrected chi connectivity index (χ3v) is 17.2. The maximum absolute atomic E-state index is 6.59. The van der Waals surface area contributed by atoms with Crippen molar-refractivity contribution in [3.8, 4) is 39.5 Å². The SMILES string of the molecule is CCc1cc2c(oc3ccccc32)c(CC)c1-n1c(-c2[c-]ccc3c2sc2cc(-c4ccccc4)ccc23)nc2ccccc21.[CH3][Ge]([CH3])([CH3])[c]1ccnc(-c2[c-]cccc2)c1.[Ir]. The molecule has 1 radical (unpaired) electrons. The molecular formula is C55H45GeIrN3OS-2. The van der Waals surface area contributed by atoms with Crippen molar-refractivity contribution in [2.45, 2.75) is 44.0 Å². The molecule has 62 heavy (non-hydrogen) atoms. The van der Waals surface area contributed by atoms with Crippen molar-refractivity contribution in [1.82, 2.24) is 14.5 Å². The molecule has 0 aliphatic heterocycles. The second-order valence-electron chi connectivity index (χ2n) is 16.5. The number of furan rings is 1. The van der Waals surface area contributed by atoms with Crippen LogP contribution < -0.4 is 4.40 Å². The molecule has 7 heteroatoms. The molecule has 0 aliphatic rings. The van der Waals surface area contributed by atoms with E-state index >= 15 is 0 Å². The number of aryl methyl sites for hydroxylation is 2. The van der Waals surface area contributed by atoms with Crippen molar-refractivity contribution in [2.75, 3.05) is 0 Å². The first-order valence-electron chi connectivity index (χ1n) is 21.1. The summed E-state index contributed by atoms with van der Waals surface area (Å²) in [6.45, 7) is 4.47. The van der Waals surface area contributed by atoms with E-state index in [-0.39, 0.29) is 20.1 Å². The zero-order valence-corrected chi connectivity index (χ0v) is 40.7. The molecule has 0 amide bonds. The molecule has 0 fully saturated rings. The van der Waals surface area contributed by atoms with Gasteiger partial charge < -0.3 is 8.98 Å². The molecule has 0 atom stereocenters. The average Bonchev–Trinajstić information content (AvgIpc) is 4.00. The predicted molar refractivity (Wildman–Crippen MR) is 261 cm³/mol. The number of fused-ring (bicyclic) bond motifs is 7. The van der Waals surface area contributed by atoms with Gasteiger partial charge in [-0.3, -0.25) is 4.98 Å². The number of hydrogen-bond acceptors (Lipinski definition) is 4. The maximum Gasteiger partial charge on any atom is 0 e. The molecule has 307 valence electrons. The second kappa shape index (κ2) is 17.3. The summed E-state index contributed by atoms with van der Waals surface area (Å²) >= 11 is 0.0829. The first-order chi connectivity index (χ1) is 29.8. The molecule has 0 spiro atoms. The smallest absolute Gasteiger partial charge is 0 e. The summed E-state index contributed by atoms with van der Waals surface area (Å²) in [5, 5.41) is 4.85. The molecule has 0 aliphatic carbocycles. The Morgan fingerprint density at radius 3 is 2.26 bits per heavy atom. The van der Waals surface area contributed by atoms with Gasteiger partial charge in [0.2, 0.25) is 0 Å². The van der Waals surface area contributed by atoms with Crippen molar-refractivity contribution in [1.29, 1.82) is 0 Å². The number of aromatic nitrogens is 3. The van der Waals surface area contributed by atoms with E-state index in [2.05, 4.69) is 180 Å². The topological polar surface area (TPSA) is 43.9 Å². The molecule has 0 saturated carbocycles. The summed E-state index contributed by atoms with van der Waals surface area (Å²) in [6.07, 6.45) is 3.65. The summed E-state index contributed by atoms with van der Waals surface area (Å²) < 4.78 is 12.9. The number of thiophene rings is 1. The maximum atomic E-state index is 6.59. The van der Waals surface area contributed by atoms with Crippen molar-refractivity contribution in [3.05, 3.63) is 181 Å². The normalized spacial score (nSPS) is 11.6. The van der Waals surface area contributed by atoms with Crippen LogP contribution in [0, 0.1) is 12.1 Å². The van der Waals surface area contributed by atoms with Crippen molar-refractivity contribution in [3.63, 3.8) is 0 Å². The van der Waals surface area contributed by atoms with Crippen LogP contribution >= 0.6 is 11.3 Å². The number of rotatable bonds is 7. The minimum atomic E-state index is -1.75. The van der Waals surface area contributed by atoms with Crippen LogP contribution in [0.2, 0.25) is 17.3 Å². The molecule has 0 bridgehead atoms. The van der Waals surface area contributed by atoms with Gasteiger partial charge in [0.1, 0.15) is 11.2 Å². The summed E-state index contributed by atoms with van der Waals surface area (Å²) in [6, 6.07) is 60.1. The molecule has 11 rings (SSSR count). The van der Waals surface area contributed by atoms with Crippen LogP contribution in [0.15, 0.2) is 162 Å². The minimum Gasteiger partial charge on any atom is 0 e. The monoisotopic (exact) mass is 1060 g/mol. The molecule has 4 nitrogen and oxygen atoms in total. The zero-order valence-electron chi connectivity index (χ0n) is 35.4. The van der Waals surface area contributed by atoms with Gasteiger partial charge in [-0.15, -0.1) is 18.2 Å². The number of pyridine rings is 1. The van der Waals surface area contributed by atoms with E-state index in [1.54, 1.807) is 0 Å². The van der Waals surface area contributed by atoms with E-state index < -0.39 is 13.3 Å². The largest absolute Gasteiger partial charge is 0 e. The first-order valence-corrected chi connectivity index (χ1v) is 29.3. The molecule has 4 aromatic heterocycles. The number of para-hydroxylation sites is 3. The summed E-state index contributed by atoms with van der Waals surface area (Å²) in [4.78, 5) is 9.75. The van der Waals surface area contributed by atoms with Crippen molar-refractivity contribution < 1.29 is 24.5 Å². The Bertz CT molecular complexity index is 3380. The van der Waals surface area contributed by atoms with Gasteiger partial charge in [0.05, 0.1) is 16.9 Å². The molecular weight excluding hydrogens is 1020 g/mol. The molecule has 4 heterocycles. The van der Waals surface area contributed by atoms with Gasteiger partial charge in [0.25, 0.3) is 0 Å². The number of hydrogen-bond donors (Lipinski definition) is 0. The number of imidazole rings is 1. The van der Waals surface area contributed by atoms with Gasteiger partial charge in [0.15, 0.2) is 0 Å². The van der Waals surface area contributed by atoms with E-state index in [0.29, 0.717) is 0 Å². The Kier molecular flexibility index (Phi) is 11.6. The van der Waals surface area contributed by atoms with E-state index in [4.69, 9.17) is 9.40 Å². The van der Waals surface area contributed by atoms with E-state index in [1.165, 1.54) is 57.9 Å². The van der Waals surface area contributed by atoms with Crippen LogP contribution in [-0.2, 0) is 32.9 Å². The van der Waals surface area contributed by atoms with E-state index in [9.17, 15) is 0 Å². The van der Waals surface area contributed by atoms with Gasteiger partial charge in [-0.05, 0) is 69.9 Å². The molecule has 0 unspecified atom stereocenters. The van der Waals surface area contributed by atoms with Crippen LogP contribution in [-0.4, -0.2) is 27.8 Å². The Morgan fingerprint density at radius 2 is 1.47 bits per heavy atom. The fraction of sp³-hybridized carbons (Fsp3) is 0.127. The van der Waals surface area contributed by atoms with Crippen molar-refractivity contribution >= 4 is 82.1 Å². The average molecular weight is 1060 g/mol. The fourth-order valence-corrected chi connectivity index (χ4v) is 12.2. The second-order valence-corrected chi connectivity index (χ2v) is 28.2. The Morgan fingerprint density at radius 1 is 0.677 bits per heavy atom. The number of benzene rings is 7. The van der Waals surface area contributed by atoms with E-state index in [0.717, 1.165) is 63.1 Å². The quantitative estimate of drug-likeness (QED) is 0.118. The Hall–Kier alpha value is -5.63. The summed E-state index contributed by atoms with van der Waals surface area (Å²) in [7, 11) is 0. The minimum absolute atomic E-state index is 0. The predicted octanol–water partition coefficient (Wildman–Crippen LogP) is 14.6. The van der Waals surface area contributed by atoms with Crippen LogP contribution in [0.4, 0.5) is 0 Å². The third-order valence-electron chi connectivity index (χ3n) is 11.7. The van der Waals surface area contributed by atoms with Gasteiger partial charge in [0, 0.05) is 46.8 Å². The molecule has 0 N–H and O–H groups in total. The van der Waals surface area contributed by atoms with Crippen LogP contribution in [0.25, 0.3) is 92.6 Å². The van der Waals surface area contributed by atoms with E-state index in [1.807, 2.05) is 41.8 Å². The van der Waals surface area contributed by atoms with Gasteiger partial charge in [-0.2, -0.15) is 11.3 Å².